The van der Waals surface area contributed by atoms with Gasteiger partial charge >= 0.3 is 0 Å². The van der Waals surface area contributed by atoms with Gasteiger partial charge in [0.2, 0.25) is 0 Å². The fourth-order valence-corrected chi connectivity index (χ4v) is 4.50. The predicted octanol–water partition coefficient (Wildman–Crippen LogP) is 3.83. The highest BCUT2D eigenvalue weighted by Gasteiger charge is 2.26. The van der Waals surface area contributed by atoms with Crippen molar-refractivity contribution in [3.8, 4) is 0 Å². The van der Waals surface area contributed by atoms with Gasteiger partial charge in [-0.3, -0.25) is 4.68 Å². The highest BCUT2D eigenvalue weighted by atomic mass is 19.1. The Labute approximate surface area is 184 Å². The van der Waals surface area contributed by atoms with Crippen molar-refractivity contribution in [3.05, 3.63) is 47.9 Å². The van der Waals surface area contributed by atoms with E-state index in [2.05, 4.69) is 20.5 Å². The Morgan fingerprint density at radius 2 is 1.91 bits per heavy atom. The van der Waals surface area contributed by atoms with Crippen LogP contribution in [-0.4, -0.2) is 45.3 Å². The summed E-state index contributed by atoms with van der Waals surface area (Å²) in [5.74, 6) is 0.229. The van der Waals surface area contributed by atoms with Crippen molar-refractivity contribution in [2.75, 3.05) is 36.4 Å². The number of benzene rings is 1. The molecule has 7 nitrogen and oxygen atoms in total. The van der Waals surface area contributed by atoms with Crippen LogP contribution in [0.3, 0.4) is 0 Å². The van der Waals surface area contributed by atoms with Gasteiger partial charge in [-0.15, -0.1) is 0 Å². The van der Waals surface area contributed by atoms with Crippen LogP contribution in [0.15, 0.2) is 30.6 Å². The van der Waals surface area contributed by atoms with Gasteiger partial charge in [-0.05, 0) is 37.8 Å². The lowest BCUT2D eigenvalue weighted by molar-refractivity contribution is 0.578. The summed E-state index contributed by atoms with van der Waals surface area (Å²) in [6.07, 6.45) is 5.85. The van der Waals surface area contributed by atoms with E-state index in [9.17, 15) is 4.39 Å². The van der Waals surface area contributed by atoms with Crippen LogP contribution in [0.2, 0.25) is 0 Å². The molecule has 2 fully saturated rings. The third-order valence-electron chi connectivity index (χ3n) is 6.29. The molecule has 3 aromatic heterocycles. The van der Waals surface area contributed by atoms with Crippen LogP contribution in [0.1, 0.15) is 18.5 Å². The molecule has 9 heteroatoms. The lowest BCUT2D eigenvalue weighted by atomic mass is 10.1. The smallest absolute Gasteiger partial charge is 0.173 e. The first-order chi connectivity index (χ1) is 15.5. The molecule has 0 radical (unpaired) electrons. The van der Waals surface area contributed by atoms with Crippen LogP contribution >= 0.6 is 0 Å². The van der Waals surface area contributed by atoms with E-state index in [1.54, 1.807) is 22.9 Å². The highest BCUT2D eigenvalue weighted by molar-refractivity contribution is 5.94. The quantitative estimate of drug-likeness (QED) is 0.497. The maximum atomic E-state index is 15.4. The Bertz CT molecular complexity index is 1320. The van der Waals surface area contributed by atoms with E-state index in [0.29, 0.717) is 22.8 Å². The number of halogens is 2. The SMILES string of the molecule is Cc1cn2cc(Nc3nn(CC4CC4)c4cc(N5CCNCC5)cc(F)c34)cc(F)c2n1. The Morgan fingerprint density at radius 1 is 1.09 bits per heavy atom. The summed E-state index contributed by atoms with van der Waals surface area (Å²) in [4.78, 5) is 6.39. The average molecular weight is 437 g/mol. The van der Waals surface area contributed by atoms with Crippen molar-refractivity contribution in [2.45, 2.75) is 26.3 Å². The molecule has 2 N–H and O–H groups in total. The molecule has 0 unspecified atom stereocenters. The van der Waals surface area contributed by atoms with Gasteiger partial charge in [0.25, 0.3) is 0 Å². The van der Waals surface area contributed by atoms with Crippen LogP contribution in [-0.2, 0) is 6.54 Å². The van der Waals surface area contributed by atoms with E-state index in [0.717, 1.165) is 49.6 Å². The molecule has 6 rings (SSSR count). The third-order valence-corrected chi connectivity index (χ3v) is 6.29. The highest BCUT2D eigenvalue weighted by Crippen LogP contribution is 2.36. The van der Waals surface area contributed by atoms with Crippen molar-refractivity contribution in [1.82, 2.24) is 24.5 Å². The maximum Gasteiger partial charge on any atom is 0.173 e. The van der Waals surface area contributed by atoms with E-state index in [-0.39, 0.29) is 11.5 Å². The number of fused-ring (bicyclic) bond motifs is 2. The van der Waals surface area contributed by atoms with Gasteiger partial charge in [-0.1, -0.05) is 0 Å². The van der Waals surface area contributed by atoms with Gasteiger partial charge in [0, 0.05) is 56.9 Å². The minimum absolute atomic E-state index is 0.268. The molecule has 0 bridgehead atoms. The molecular weight excluding hydrogens is 412 g/mol. The van der Waals surface area contributed by atoms with E-state index in [1.807, 2.05) is 17.7 Å². The lowest BCUT2D eigenvalue weighted by Gasteiger charge is -2.29. The minimum Gasteiger partial charge on any atom is -0.369 e. The first kappa shape index (κ1) is 19.5. The molecule has 32 heavy (non-hydrogen) atoms. The summed E-state index contributed by atoms with van der Waals surface area (Å²) in [6.45, 7) is 6.03. The van der Waals surface area contributed by atoms with Crippen molar-refractivity contribution in [2.24, 2.45) is 5.92 Å². The Kier molecular flexibility index (Phi) is 4.53. The molecule has 0 atom stereocenters. The topological polar surface area (TPSA) is 62.4 Å². The first-order valence-corrected chi connectivity index (χ1v) is 11.1. The van der Waals surface area contributed by atoms with Crippen molar-refractivity contribution >= 4 is 33.7 Å². The van der Waals surface area contributed by atoms with Crippen LogP contribution in [0.25, 0.3) is 16.6 Å². The zero-order chi connectivity index (χ0) is 21.8. The van der Waals surface area contributed by atoms with Gasteiger partial charge in [0.1, 0.15) is 5.82 Å². The fourth-order valence-electron chi connectivity index (χ4n) is 4.50. The fraction of sp³-hybridized carbons (Fsp3) is 0.391. The number of nitrogens with one attached hydrogen (secondary N) is 2. The second kappa shape index (κ2) is 7.44. The van der Waals surface area contributed by atoms with E-state index < -0.39 is 5.82 Å². The number of hydrogen-bond donors (Lipinski definition) is 2. The minimum atomic E-state index is -0.439. The maximum absolute atomic E-state index is 15.4. The summed E-state index contributed by atoms with van der Waals surface area (Å²) < 4.78 is 33.5. The van der Waals surface area contributed by atoms with Gasteiger partial charge in [-0.25, -0.2) is 13.8 Å². The molecule has 1 saturated heterocycles. The molecule has 2 aliphatic rings. The van der Waals surface area contributed by atoms with Gasteiger partial charge in [0.05, 0.1) is 22.3 Å². The average Bonchev–Trinajstić information content (AvgIpc) is 3.41. The second-order valence-electron chi connectivity index (χ2n) is 8.85. The van der Waals surface area contributed by atoms with Crippen LogP contribution in [0.5, 0.6) is 0 Å². The number of rotatable bonds is 5. The standard InChI is InChI=1S/C23H25F2N7/c1-14-11-31-13-16(8-19(25)23(31)27-14)28-22-21-18(24)9-17(30-6-4-26-5-7-30)10-20(21)32(29-22)12-15-2-3-15/h8-11,13,15,26H,2-7,12H2,1H3,(H,28,29). The molecule has 166 valence electrons. The lowest BCUT2D eigenvalue weighted by Crippen LogP contribution is -2.43. The summed E-state index contributed by atoms with van der Waals surface area (Å²) in [5.41, 5.74) is 3.14. The number of anilines is 3. The zero-order valence-electron chi connectivity index (χ0n) is 17.9. The Morgan fingerprint density at radius 3 is 2.69 bits per heavy atom. The van der Waals surface area contributed by atoms with Gasteiger partial charge in [-0.2, -0.15) is 5.10 Å². The largest absolute Gasteiger partial charge is 0.369 e. The third kappa shape index (κ3) is 3.46. The first-order valence-electron chi connectivity index (χ1n) is 11.1. The van der Waals surface area contributed by atoms with Crippen molar-refractivity contribution in [3.63, 3.8) is 0 Å². The van der Waals surface area contributed by atoms with E-state index in [4.69, 9.17) is 5.10 Å². The van der Waals surface area contributed by atoms with Crippen LogP contribution in [0, 0.1) is 24.5 Å². The van der Waals surface area contributed by atoms with Crippen LogP contribution < -0.4 is 15.5 Å². The summed E-state index contributed by atoms with van der Waals surface area (Å²) in [6, 6.07) is 5.00. The molecule has 0 spiro atoms. The predicted molar refractivity (Wildman–Crippen MR) is 121 cm³/mol. The van der Waals surface area contributed by atoms with Crippen molar-refractivity contribution in [1.29, 1.82) is 0 Å². The van der Waals surface area contributed by atoms with Gasteiger partial charge < -0.3 is 19.9 Å². The summed E-state index contributed by atoms with van der Waals surface area (Å²) >= 11 is 0. The Balaban J connectivity index is 1.43. The summed E-state index contributed by atoms with van der Waals surface area (Å²) in [5, 5.41) is 11.6. The number of piperazine rings is 1. The molecule has 1 aromatic carbocycles. The van der Waals surface area contributed by atoms with E-state index in [1.165, 1.54) is 18.9 Å². The molecule has 4 aromatic rings. The zero-order valence-corrected chi connectivity index (χ0v) is 17.9. The molecule has 4 heterocycles. The number of aromatic nitrogens is 4. The molecule has 1 saturated carbocycles. The Hall–Kier alpha value is -3.20. The second-order valence-corrected chi connectivity index (χ2v) is 8.85. The normalized spacial score (nSPS) is 16.9. The molecule has 1 aliphatic heterocycles. The number of aryl methyl sites for hydroxylation is 1. The monoisotopic (exact) mass is 437 g/mol. The van der Waals surface area contributed by atoms with E-state index >= 15 is 4.39 Å². The number of hydrogen-bond acceptors (Lipinski definition) is 5. The molecule has 1 aliphatic carbocycles. The number of pyridine rings is 1. The number of nitrogens with zero attached hydrogens (tertiary/aromatic N) is 5. The van der Waals surface area contributed by atoms with Gasteiger partial charge in [0.15, 0.2) is 17.3 Å². The van der Waals surface area contributed by atoms with Crippen LogP contribution in [0.4, 0.5) is 26.0 Å². The van der Waals surface area contributed by atoms with Crippen molar-refractivity contribution < 1.29 is 8.78 Å². The summed E-state index contributed by atoms with van der Waals surface area (Å²) in [7, 11) is 0. The molecule has 0 amide bonds. The number of imidazole rings is 1. The molecular formula is C23H25F2N7.